The number of nitrogens with one attached hydrogen (secondary N) is 1. The SMILES string of the molecule is C1CSC2(CCNCC2)SC1. The van der Waals surface area contributed by atoms with Crippen molar-refractivity contribution >= 4 is 23.5 Å². The molecular weight excluding hydrogens is 174 g/mol. The molecule has 2 rings (SSSR count). The molecule has 0 aromatic heterocycles. The fourth-order valence-corrected chi connectivity index (χ4v) is 5.04. The van der Waals surface area contributed by atoms with E-state index in [-0.39, 0.29) is 0 Å². The lowest BCUT2D eigenvalue weighted by Crippen LogP contribution is -2.38. The second-order valence-electron chi connectivity index (χ2n) is 3.21. The largest absolute Gasteiger partial charge is 0.317 e. The number of rotatable bonds is 0. The molecule has 0 amide bonds. The summed E-state index contributed by atoms with van der Waals surface area (Å²) in [4.78, 5) is 0. The molecule has 64 valence electrons. The smallest absolute Gasteiger partial charge is 0.0635 e. The summed E-state index contributed by atoms with van der Waals surface area (Å²) in [7, 11) is 0. The van der Waals surface area contributed by atoms with Crippen LogP contribution in [0.4, 0.5) is 0 Å². The second-order valence-corrected chi connectivity index (χ2v) is 6.43. The van der Waals surface area contributed by atoms with E-state index in [9.17, 15) is 0 Å². The molecule has 2 heterocycles. The molecule has 0 unspecified atom stereocenters. The Hall–Kier alpha value is 0.660. The Morgan fingerprint density at radius 1 is 1.00 bits per heavy atom. The van der Waals surface area contributed by atoms with Gasteiger partial charge in [-0.1, -0.05) is 0 Å². The Bertz CT molecular complexity index is 107. The second kappa shape index (κ2) is 3.58. The van der Waals surface area contributed by atoms with Gasteiger partial charge in [0.15, 0.2) is 0 Å². The highest BCUT2D eigenvalue weighted by molar-refractivity contribution is 8.18. The minimum Gasteiger partial charge on any atom is -0.317 e. The minimum atomic E-state index is 0.628. The van der Waals surface area contributed by atoms with Gasteiger partial charge in [0.25, 0.3) is 0 Å². The highest BCUT2D eigenvalue weighted by atomic mass is 32.2. The van der Waals surface area contributed by atoms with Crippen LogP contribution < -0.4 is 5.32 Å². The van der Waals surface area contributed by atoms with Crippen LogP contribution in [0.3, 0.4) is 0 Å². The third-order valence-corrected chi connectivity index (χ3v) is 5.95. The van der Waals surface area contributed by atoms with E-state index in [1.165, 1.54) is 43.9 Å². The Morgan fingerprint density at radius 2 is 1.64 bits per heavy atom. The third kappa shape index (κ3) is 1.87. The van der Waals surface area contributed by atoms with Gasteiger partial charge in [-0.2, -0.15) is 0 Å². The topological polar surface area (TPSA) is 12.0 Å². The first-order chi connectivity index (χ1) is 5.41. The van der Waals surface area contributed by atoms with Crippen molar-refractivity contribution in [2.45, 2.75) is 23.3 Å². The zero-order valence-electron chi connectivity index (χ0n) is 6.77. The Morgan fingerprint density at radius 3 is 2.27 bits per heavy atom. The standard InChI is InChI=1S/C8H15NS2/c1-6-10-8(11-7-1)2-4-9-5-3-8/h9H,1-7H2. The van der Waals surface area contributed by atoms with E-state index < -0.39 is 0 Å². The van der Waals surface area contributed by atoms with Gasteiger partial charge in [0.1, 0.15) is 0 Å². The van der Waals surface area contributed by atoms with E-state index in [1.54, 1.807) is 0 Å². The van der Waals surface area contributed by atoms with Crippen molar-refractivity contribution in [2.75, 3.05) is 24.6 Å². The molecule has 0 aliphatic carbocycles. The van der Waals surface area contributed by atoms with Crippen molar-refractivity contribution in [3.8, 4) is 0 Å². The van der Waals surface area contributed by atoms with E-state index in [0.29, 0.717) is 4.08 Å². The Labute approximate surface area is 77.1 Å². The average Bonchev–Trinajstić information content (AvgIpc) is 2.07. The zero-order chi connectivity index (χ0) is 7.57. The summed E-state index contributed by atoms with van der Waals surface area (Å²) in [6, 6.07) is 0. The highest BCUT2D eigenvalue weighted by Crippen LogP contribution is 2.47. The van der Waals surface area contributed by atoms with Gasteiger partial charge in [-0.25, -0.2) is 0 Å². The fraction of sp³-hybridized carbons (Fsp3) is 1.00. The van der Waals surface area contributed by atoms with Crippen LogP contribution in [0.15, 0.2) is 0 Å². The molecule has 0 bridgehead atoms. The first-order valence-electron chi connectivity index (χ1n) is 4.40. The lowest BCUT2D eigenvalue weighted by molar-refractivity contribution is 0.505. The van der Waals surface area contributed by atoms with Gasteiger partial charge in [0, 0.05) is 0 Å². The van der Waals surface area contributed by atoms with Crippen molar-refractivity contribution in [3.63, 3.8) is 0 Å². The maximum atomic E-state index is 3.43. The number of hydrogen-bond donors (Lipinski definition) is 1. The van der Waals surface area contributed by atoms with Gasteiger partial charge < -0.3 is 5.32 Å². The van der Waals surface area contributed by atoms with E-state index in [0.717, 1.165) is 0 Å². The van der Waals surface area contributed by atoms with Crippen LogP contribution in [0.5, 0.6) is 0 Å². The van der Waals surface area contributed by atoms with Crippen LogP contribution >= 0.6 is 23.5 Å². The average molecular weight is 189 g/mol. The van der Waals surface area contributed by atoms with Gasteiger partial charge in [-0.15, -0.1) is 23.5 Å². The molecule has 2 aliphatic rings. The van der Waals surface area contributed by atoms with Gasteiger partial charge in [0.2, 0.25) is 0 Å². The van der Waals surface area contributed by atoms with Crippen molar-refractivity contribution in [1.29, 1.82) is 0 Å². The number of piperidine rings is 1. The predicted molar refractivity (Wildman–Crippen MR) is 54.4 cm³/mol. The molecule has 0 aromatic carbocycles. The number of hydrogen-bond acceptors (Lipinski definition) is 3. The van der Waals surface area contributed by atoms with Crippen LogP contribution in [0.2, 0.25) is 0 Å². The molecule has 1 N–H and O–H groups in total. The lowest BCUT2D eigenvalue weighted by atomic mass is 10.1. The van der Waals surface area contributed by atoms with E-state index >= 15 is 0 Å². The minimum absolute atomic E-state index is 0.628. The molecule has 0 aromatic rings. The van der Waals surface area contributed by atoms with Crippen molar-refractivity contribution < 1.29 is 0 Å². The molecular formula is C8H15NS2. The Kier molecular flexibility index (Phi) is 2.69. The summed E-state index contributed by atoms with van der Waals surface area (Å²) >= 11 is 4.42. The summed E-state index contributed by atoms with van der Waals surface area (Å²) in [5, 5.41) is 3.43. The van der Waals surface area contributed by atoms with E-state index in [2.05, 4.69) is 28.8 Å². The maximum absolute atomic E-state index is 3.43. The molecule has 2 saturated heterocycles. The summed E-state index contributed by atoms with van der Waals surface area (Å²) < 4.78 is 0.628. The van der Waals surface area contributed by atoms with Gasteiger partial charge in [-0.05, 0) is 43.9 Å². The Balaban J connectivity index is 1.94. The molecule has 0 atom stereocenters. The first-order valence-corrected chi connectivity index (χ1v) is 6.37. The third-order valence-electron chi connectivity index (χ3n) is 2.38. The van der Waals surface area contributed by atoms with Crippen molar-refractivity contribution in [2.24, 2.45) is 0 Å². The van der Waals surface area contributed by atoms with Crippen LogP contribution in [-0.4, -0.2) is 28.7 Å². The predicted octanol–water partition coefficient (Wildman–Crippen LogP) is 1.94. The van der Waals surface area contributed by atoms with Gasteiger partial charge in [0.05, 0.1) is 4.08 Å². The molecule has 0 radical (unpaired) electrons. The molecule has 0 saturated carbocycles. The summed E-state index contributed by atoms with van der Waals surface area (Å²) in [6.07, 6.45) is 4.18. The normalized spacial score (nSPS) is 30.5. The molecule has 2 fully saturated rings. The van der Waals surface area contributed by atoms with E-state index in [1.807, 2.05) is 0 Å². The summed E-state index contributed by atoms with van der Waals surface area (Å²) in [5.41, 5.74) is 0. The molecule has 3 heteroatoms. The first kappa shape index (κ1) is 8.27. The monoisotopic (exact) mass is 189 g/mol. The lowest BCUT2D eigenvalue weighted by Gasteiger charge is -2.39. The van der Waals surface area contributed by atoms with Crippen molar-refractivity contribution in [3.05, 3.63) is 0 Å². The molecule has 2 aliphatic heterocycles. The zero-order valence-corrected chi connectivity index (χ0v) is 8.40. The summed E-state index contributed by atoms with van der Waals surface area (Å²) in [5.74, 6) is 2.79. The van der Waals surface area contributed by atoms with Crippen LogP contribution in [0, 0.1) is 0 Å². The van der Waals surface area contributed by atoms with Gasteiger partial charge >= 0.3 is 0 Å². The van der Waals surface area contributed by atoms with Crippen LogP contribution in [0.1, 0.15) is 19.3 Å². The summed E-state index contributed by atoms with van der Waals surface area (Å²) in [6.45, 7) is 2.47. The molecule has 11 heavy (non-hydrogen) atoms. The van der Waals surface area contributed by atoms with Crippen molar-refractivity contribution in [1.82, 2.24) is 5.32 Å². The molecule has 1 spiro atoms. The maximum Gasteiger partial charge on any atom is 0.0635 e. The van der Waals surface area contributed by atoms with Gasteiger partial charge in [-0.3, -0.25) is 0 Å². The highest BCUT2D eigenvalue weighted by Gasteiger charge is 2.34. The van der Waals surface area contributed by atoms with Crippen LogP contribution in [0.25, 0.3) is 0 Å². The van der Waals surface area contributed by atoms with E-state index in [4.69, 9.17) is 0 Å². The molecule has 1 nitrogen and oxygen atoms in total. The fourth-order valence-electron chi connectivity index (χ4n) is 1.71. The number of thioether (sulfide) groups is 2. The van der Waals surface area contributed by atoms with Crippen LogP contribution in [-0.2, 0) is 0 Å². The quantitative estimate of drug-likeness (QED) is 0.625.